The molecule has 0 heteroatoms. The van der Waals surface area contributed by atoms with Gasteiger partial charge in [-0.25, -0.2) is 0 Å². The third-order valence-electron chi connectivity index (χ3n) is 12.2. The van der Waals surface area contributed by atoms with Crippen molar-refractivity contribution in [2.75, 3.05) is 0 Å². The first-order chi connectivity index (χ1) is 13.8. The molecule has 0 bridgehead atoms. The SMILES string of the molecule is CC1(C)CC[C@]2(C)CC[C@]3(C)C(=C2C1)CC[C@@H]1[C@@]2(C)C=CCC(C)(C)C2CC[C@]13C. The molecule has 0 heterocycles. The monoisotopic (exact) mass is 408 g/mol. The zero-order valence-electron chi connectivity index (χ0n) is 21.4. The number of hydrogen-bond donors (Lipinski definition) is 0. The van der Waals surface area contributed by atoms with Crippen molar-refractivity contribution in [2.24, 2.45) is 44.3 Å². The first-order valence-corrected chi connectivity index (χ1v) is 13.2. The Labute approximate surface area is 187 Å². The van der Waals surface area contributed by atoms with Crippen molar-refractivity contribution in [3.63, 3.8) is 0 Å². The molecule has 0 aromatic heterocycles. The molecule has 0 aliphatic heterocycles. The molecular weight excluding hydrogens is 360 g/mol. The zero-order valence-corrected chi connectivity index (χ0v) is 21.4. The molecule has 5 aliphatic carbocycles. The fourth-order valence-electron chi connectivity index (χ4n) is 10.0. The highest BCUT2D eigenvalue weighted by Crippen LogP contribution is 2.74. The van der Waals surface area contributed by atoms with Gasteiger partial charge in [0.05, 0.1) is 0 Å². The third-order valence-corrected chi connectivity index (χ3v) is 12.2. The van der Waals surface area contributed by atoms with Crippen LogP contribution in [0.3, 0.4) is 0 Å². The summed E-state index contributed by atoms with van der Waals surface area (Å²) >= 11 is 0. The van der Waals surface area contributed by atoms with E-state index in [4.69, 9.17) is 0 Å². The molecule has 0 radical (unpaired) electrons. The topological polar surface area (TPSA) is 0 Å². The van der Waals surface area contributed by atoms with Crippen molar-refractivity contribution >= 4 is 0 Å². The normalized spacial score (nSPS) is 51.5. The highest BCUT2D eigenvalue weighted by atomic mass is 14.7. The van der Waals surface area contributed by atoms with Gasteiger partial charge in [-0.2, -0.15) is 0 Å². The van der Waals surface area contributed by atoms with Gasteiger partial charge in [0, 0.05) is 0 Å². The van der Waals surface area contributed by atoms with E-state index >= 15 is 0 Å². The van der Waals surface area contributed by atoms with Crippen molar-refractivity contribution in [1.29, 1.82) is 0 Å². The molecule has 0 N–H and O–H groups in total. The molecule has 0 saturated heterocycles. The van der Waals surface area contributed by atoms with E-state index in [0.29, 0.717) is 32.5 Å². The van der Waals surface area contributed by atoms with Crippen LogP contribution in [0.25, 0.3) is 0 Å². The molecule has 0 aromatic rings. The van der Waals surface area contributed by atoms with Gasteiger partial charge in [0.1, 0.15) is 0 Å². The minimum Gasteiger partial charge on any atom is -0.0874 e. The Bertz CT molecular complexity index is 808. The Balaban J connectivity index is 1.62. The lowest BCUT2D eigenvalue weighted by atomic mass is 9.35. The number of hydrogen-bond acceptors (Lipinski definition) is 0. The van der Waals surface area contributed by atoms with Gasteiger partial charge in [-0.1, -0.05) is 78.7 Å². The quantitative estimate of drug-likeness (QED) is 0.350. The molecular formula is C30H48. The Hall–Kier alpha value is -0.520. The van der Waals surface area contributed by atoms with Gasteiger partial charge < -0.3 is 0 Å². The summed E-state index contributed by atoms with van der Waals surface area (Å²) in [5.74, 6) is 1.70. The van der Waals surface area contributed by atoms with Crippen LogP contribution < -0.4 is 0 Å². The predicted molar refractivity (Wildman–Crippen MR) is 129 cm³/mol. The van der Waals surface area contributed by atoms with E-state index in [1.807, 2.05) is 11.1 Å². The fourth-order valence-corrected chi connectivity index (χ4v) is 10.0. The second-order valence-corrected chi connectivity index (χ2v) is 14.8. The van der Waals surface area contributed by atoms with Crippen molar-refractivity contribution in [3.8, 4) is 0 Å². The summed E-state index contributed by atoms with van der Waals surface area (Å²) in [5.41, 5.74) is 6.60. The van der Waals surface area contributed by atoms with Crippen molar-refractivity contribution in [1.82, 2.24) is 0 Å². The van der Waals surface area contributed by atoms with Gasteiger partial charge in [0.25, 0.3) is 0 Å². The molecule has 1 unspecified atom stereocenters. The van der Waals surface area contributed by atoms with E-state index in [1.54, 1.807) is 0 Å². The van der Waals surface area contributed by atoms with Crippen LogP contribution in [0.1, 0.15) is 120 Å². The van der Waals surface area contributed by atoms with E-state index in [0.717, 1.165) is 11.8 Å². The lowest BCUT2D eigenvalue weighted by Crippen LogP contribution is -2.61. The fraction of sp³-hybridized carbons (Fsp3) is 0.867. The van der Waals surface area contributed by atoms with Crippen LogP contribution in [0.4, 0.5) is 0 Å². The first-order valence-electron chi connectivity index (χ1n) is 13.2. The molecule has 0 amide bonds. The maximum absolute atomic E-state index is 2.74. The highest BCUT2D eigenvalue weighted by Gasteiger charge is 2.65. The van der Waals surface area contributed by atoms with Crippen LogP contribution >= 0.6 is 0 Å². The minimum atomic E-state index is 0.389. The Morgan fingerprint density at radius 3 is 2.17 bits per heavy atom. The summed E-state index contributed by atoms with van der Waals surface area (Å²) in [7, 11) is 0. The van der Waals surface area contributed by atoms with Crippen molar-refractivity contribution < 1.29 is 0 Å². The van der Waals surface area contributed by atoms with Crippen LogP contribution in [-0.2, 0) is 0 Å². The van der Waals surface area contributed by atoms with Crippen molar-refractivity contribution in [2.45, 2.75) is 120 Å². The van der Waals surface area contributed by atoms with Crippen molar-refractivity contribution in [3.05, 3.63) is 23.3 Å². The third kappa shape index (κ3) is 2.58. The smallest absolute Gasteiger partial charge is 0.00565 e. The standard InChI is InChI=1S/C30H48/c1-25(2)16-17-27(5)18-19-29(7)21(22(27)20-25)10-11-24-28(6)14-9-13-26(3,4)23(28)12-15-30(24,29)8/h9,14,23-24H,10-13,15-20H2,1-8H3/t23?,24-,27-,28+,29-,30-/m1/s1. The number of allylic oxidation sites excluding steroid dienone is 4. The van der Waals surface area contributed by atoms with Crippen LogP contribution in [0.15, 0.2) is 23.3 Å². The molecule has 3 fully saturated rings. The summed E-state index contributed by atoms with van der Waals surface area (Å²) in [6.45, 7) is 20.9. The number of fused-ring (bicyclic) bond motifs is 6. The number of rotatable bonds is 0. The van der Waals surface area contributed by atoms with E-state index in [1.165, 1.54) is 64.2 Å². The summed E-state index contributed by atoms with van der Waals surface area (Å²) in [6, 6.07) is 0. The molecule has 3 saturated carbocycles. The molecule has 0 nitrogen and oxygen atoms in total. The Kier molecular flexibility index (Phi) is 4.32. The summed E-state index contributed by atoms with van der Waals surface area (Å²) in [5, 5.41) is 0. The van der Waals surface area contributed by atoms with Gasteiger partial charge in [-0.3, -0.25) is 0 Å². The second-order valence-electron chi connectivity index (χ2n) is 14.8. The molecule has 0 spiro atoms. The molecule has 30 heavy (non-hydrogen) atoms. The first kappa shape index (κ1) is 21.3. The largest absolute Gasteiger partial charge is 0.0874 e. The highest BCUT2D eigenvalue weighted by molar-refractivity contribution is 5.38. The van der Waals surface area contributed by atoms with Crippen LogP contribution in [0.2, 0.25) is 0 Å². The van der Waals surface area contributed by atoms with E-state index in [9.17, 15) is 0 Å². The lowest BCUT2D eigenvalue weighted by molar-refractivity contribution is -0.147. The van der Waals surface area contributed by atoms with Gasteiger partial charge in [0.15, 0.2) is 0 Å². The second kappa shape index (κ2) is 6.08. The van der Waals surface area contributed by atoms with Gasteiger partial charge in [-0.05, 0) is 109 Å². The maximum Gasteiger partial charge on any atom is -0.00565 e. The molecule has 5 aliphatic rings. The van der Waals surface area contributed by atoms with Crippen LogP contribution in [-0.4, -0.2) is 0 Å². The van der Waals surface area contributed by atoms with Gasteiger partial charge in [-0.15, -0.1) is 0 Å². The summed E-state index contributed by atoms with van der Waals surface area (Å²) < 4.78 is 0. The Morgan fingerprint density at radius 2 is 1.43 bits per heavy atom. The maximum atomic E-state index is 2.74. The molecule has 6 atom stereocenters. The summed E-state index contributed by atoms with van der Waals surface area (Å²) in [4.78, 5) is 0. The molecule has 168 valence electrons. The Morgan fingerprint density at radius 1 is 0.733 bits per heavy atom. The van der Waals surface area contributed by atoms with Crippen LogP contribution in [0, 0.1) is 44.3 Å². The predicted octanol–water partition coefficient (Wildman–Crippen LogP) is 9.12. The van der Waals surface area contributed by atoms with E-state index in [2.05, 4.69) is 67.5 Å². The average Bonchev–Trinajstić information content (AvgIpc) is 2.63. The van der Waals surface area contributed by atoms with E-state index in [-0.39, 0.29) is 0 Å². The van der Waals surface area contributed by atoms with Crippen LogP contribution in [0.5, 0.6) is 0 Å². The molecule has 5 rings (SSSR count). The lowest BCUT2D eigenvalue weighted by Gasteiger charge is -2.69. The summed E-state index contributed by atoms with van der Waals surface area (Å²) in [6.07, 6.45) is 19.3. The zero-order chi connectivity index (χ0) is 21.8. The average molecular weight is 409 g/mol. The van der Waals surface area contributed by atoms with Gasteiger partial charge in [0.2, 0.25) is 0 Å². The van der Waals surface area contributed by atoms with E-state index < -0.39 is 0 Å². The minimum absolute atomic E-state index is 0.389. The van der Waals surface area contributed by atoms with Gasteiger partial charge >= 0.3 is 0 Å². The molecule has 0 aromatic carbocycles.